The molecule has 0 aliphatic heterocycles. The molecule has 0 radical (unpaired) electrons. The van der Waals surface area contributed by atoms with Gasteiger partial charge in [0.25, 0.3) is 0 Å². The number of hydrogen-bond donors (Lipinski definition) is 1. The average molecular weight is 286 g/mol. The Bertz CT molecular complexity index is 731. The van der Waals surface area contributed by atoms with Crippen LogP contribution in [0.5, 0.6) is 0 Å². The van der Waals surface area contributed by atoms with Gasteiger partial charge in [-0.05, 0) is 29.8 Å². The highest BCUT2D eigenvalue weighted by atomic mass is 35.5. The minimum atomic E-state index is -0.0808. The molecule has 0 amide bonds. The van der Waals surface area contributed by atoms with Crippen molar-refractivity contribution in [2.24, 2.45) is 12.8 Å². The summed E-state index contributed by atoms with van der Waals surface area (Å²) < 4.78 is 2.10. The molecule has 0 aliphatic carbocycles. The zero-order valence-corrected chi connectivity index (χ0v) is 12.0. The number of imidazole rings is 1. The van der Waals surface area contributed by atoms with Gasteiger partial charge in [-0.3, -0.25) is 0 Å². The van der Waals surface area contributed by atoms with Crippen molar-refractivity contribution in [1.82, 2.24) is 9.55 Å². The van der Waals surface area contributed by atoms with Crippen molar-refractivity contribution < 1.29 is 0 Å². The molecule has 0 spiro atoms. The Morgan fingerprint density at radius 1 is 1.15 bits per heavy atom. The van der Waals surface area contributed by atoms with Crippen molar-refractivity contribution >= 4 is 22.6 Å². The number of para-hydroxylation sites is 2. The molecule has 1 heterocycles. The summed E-state index contributed by atoms with van der Waals surface area (Å²) in [5.74, 6) is 0.994. The molecule has 0 fully saturated rings. The fraction of sp³-hybridized carbons (Fsp3) is 0.188. The molecular formula is C16H16ClN3. The quantitative estimate of drug-likeness (QED) is 0.801. The van der Waals surface area contributed by atoms with E-state index in [1.165, 1.54) is 0 Å². The van der Waals surface area contributed by atoms with E-state index in [9.17, 15) is 0 Å². The Labute approximate surface area is 123 Å². The highest BCUT2D eigenvalue weighted by Crippen LogP contribution is 2.21. The van der Waals surface area contributed by atoms with Gasteiger partial charge in [-0.2, -0.15) is 0 Å². The second-order valence-corrected chi connectivity index (χ2v) is 5.37. The summed E-state index contributed by atoms with van der Waals surface area (Å²) in [6, 6.07) is 15.7. The van der Waals surface area contributed by atoms with Crippen molar-refractivity contribution in [2.45, 2.75) is 12.5 Å². The zero-order valence-electron chi connectivity index (χ0n) is 11.3. The molecule has 0 bridgehead atoms. The van der Waals surface area contributed by atoms with Gasteiger partial charge in [0.15, 0.2) is 0 Å². The average Bonchev–Trinajstić information content (AvgIpc) is 2.77. The Morgan fingerprint density at radius 2 is 1.85 bits per heavy atom. The van der Waals surface area contributed by atoms with Crippen LogP contribution in [0.4, 0.5) is 0 Å². The zero-order chi connectivity index (χ0) is 14.1. The molecule has 0 aliphatic rings. The number of hydrogen-bond acceptors (Lipinski definition) is 2. The van der Waals surface area contributed by atoms with Crippen molar-refractivity contribution in [1.29, 1.82) is 0 Å². The third-order valence-corrected chi connectivity index (χ3v) is 3.83. The van der Waals surface area contributed by atoms with Gasteiger partial charge in [-0.15, -0.1) is 0 Å². The first kappa shape index (κ1) is 13.2. The Kier molecular flexibility index (Phi) is 3.47. The maximum absolute atomic E-state index is 6.27. The normalized spacial score (nSPS) is 12.8. The van der Waals surface area contributed by atoms with Gasteiger partial charge in [-0.1, -0.05) is 35.9 Å². The molecule has 0 saturated carbocycles. The molecule has 102 valence electrons. The lowest BCUT2D eigenvalue weighted by Gasteiger charge is -2.12. The fourth-order valence-corrected chi connectivity index (χ4v) is 2.53. The van der Waals surface area contributed by atoms with Crippen LogP contribution in [0.15, 0.2) is 48.5 Å². The molecule has 1 atom stereocenters. The maximum atomic E-state index is 6.27. The van der Waals surface area contributed by atoms with E-state index in [-0.39, 0.29) is 6.04 Å². The van der Waals surface area contributed by atoms with E-state index < -0.39 is 0 Å². The minimum absolute atomic E-state index is 0.0808. The van der Waals surface area contributed by atoms with E-state index in [2.05, 4.69) is 15.6 Å². The van der Waals surface area contributed by atoms with Gasteiger partial charge in [0.1, 0.15) is 5.82 Å². The van der Waals surface area contributed by atoms with E-state index in [4.69, 9.17) is 17.3 Å². The predicted molar refractivity (Wildman–Crippen MR) is 82.8 cm³/mol. The Morgan fingerprint density at radius 3 is 2.55 bits per heavy atom. The van der Waals surface area contributed by atoms with Crippen molar-refractivity contribution in [2.75, 3.05) is 0 Å². The molecule has 0 saturated heterocycles. The van der Waals surface area contributed by atoms with Crippen LogP contribution in [0.1, 0.15) is 17.4 Å². The van der Waals surface area contributed by atoms with Crippen LogP contribution >= 0.6 is 11.6 Å². The van der Waals surface area contributed by atoms with E-state index in [1.807, 2.05) is 49.5 Å². The van der Waals surface area contributed by atoms with Crippen LogP contribution in [-0.4, -0.2) is 9.55 Å². The summed E-state index contributed by atoms with van der Waals surface area (Å²) in [6.45, 7) is 0. The highest BCUT2D eigenvalue weighted by Gasteiger charge is 2.13. The molecule has 1 unspecified atom stereocenters. The third-order valence-electron chi connectivity index (χ3n) is 3.58. The minimum Gasteiger partial charge on any atom is -0.331 e. The van der Waals surface area contributed by atoms with Gasteiger partial charge in [0.05, 0.1) is 11.0 Å². The number of rotatable bonds is 3. The number of nitrogens with two attached hydrogens (primary N) is 1. The molecule has 3 nitrogen and oxygen atoms in total. The summed E-state index contributed by atoms with van der Waals surface area (Å²) in [5.41, 5.74) is 9.48. The lowest BCUT2D eigenvalue weighted by Crippen LogP contribution is -2.15. The number of nitrogens with zero attached hydrogens (tertiary/aromatic N) is 2. The first-order valence-electron chi connectivity index (χ1n) is 6.56. The Hall–Kier alpha value is -1.84. The lowest BCUT2D eigenvalue weighted by molar-refractivity contribution is 0.665. The summed E-state index contributed by atoms with van der Waals surface area (Å²) in [6.07, 6.45) is 0.701. The molecule has 2 aromatic carbocycles. The van der Waals surface area contributed by atoms with Crippen LogP contribution in [0.25, 0.3) is 11.0 Å². The third kappa shape index (κ3) is 2.42. The highest BCUT2D eigenvalue weighted by molar-refractivity contribution is 6.30. The molecule has 20 heavy (non-hydrogen) atoms. The molecule has 1 aromatic heterocycles. The van der Waals surface area contributed by atoms with Crippen molar-refractivity contribution in [3.63, 3.8) is 0 Å². The van der Waals surface area contributed by atoms with E-state index in [1.54, 1.807) is 0 Å². The van der Waals surface area contributed by atoms with Crippen molar-refractivity contribution in [3.05, 3.63) is 64.9 Å². The smallest absolute Gasteiger partial charge is 0.111 e. The van der Waals surface area contributed by atoms with Crippen molar-refractivity contribution in [3.8, 4) is 0 Å². The van der Waals surface area contributed by atoms with Gasteiger partial charge in [0.2, 0.25) is 0 Å². The number of fused-ring (bicyclic) bond motifs is 1. The summed E-state index contributed by atoms with van der Waals surface area (Å²) in [7, 11) is 2.03. The van der Waals surface area contributed by atoms with E-state index in [0.29, 0.717) is 6.42 Å². The Balaban J connectivity index is 1.89. The van der Waals surface area contributed by atoms with Gasteiger partial charge < -0.3 is 10.3 Å². The standard InChI is InChI=1S/C16H16ClN3/c1-20-15-5-3-2-4-14(15)19-16(20)10-13(18)11-6-8-12(17)9-7-11/h2-9,13H,10,18H2,1H3. The SMILES string of the molecule is Cn1c(CC(N)c2ccc(Cl)cc2)nc2ccccc21. The fourth-order valence-electron chi connectivity index (χ4n) is 2.40. The number of aromatic nitrogens is 2. The van der Waals surface area contributed by atoms with E-state index >= 15 is 0 Å². The van der Waals surface area contributed by atoms with Crippen LogP contribution in [0.3, 0.4) is 0 Å². The lowest BCUT2D eigenvalue weighted by atomic mass is 10.0. The largest absolute Gasteiger partial charge is 0.331 e. The van der Waals surface area contributed by atoms with Crippen LogP contribution in [-0.2, 0) is 13.5 Å². The molecule has 3 rings (SSSR count). The van der Waals surface area contributed by atoms with Crippen LogP contribution in [0, 0.1) is 0 Å². The van der Waals surface area contributed by atoms with Gasteiger partial charge in [-0.25, -0.2) is 4.98 Å². The van der Waals surface area contributed by atoms with Gasteiger partial charge in [0, 0.05) is 24.5 Å². The van der Waals surface area contributed by atoms with E-state index in [0.717, 1.165) is 27.4 Å². The predicted octanol–water partition coefficient (Wildman–Crippen LogP) is 3.47. The summed E-state index contributed by atoms with van der Waals surface area (Å²) in [4.78, 5) is 4.65. The number of benzene rings is 2. The van der Waals surface area contributed by atoms with Crippen LogP contribution in [0.2, 0.25) is 5.02 Å². The number of aryl methyl sites for hydroxylation is 1. The topological polar surface area (TPSA) is 43.8 Å². The first-order valence-corrected chi connectivity index (χ1v) is 6.94. The summed E-state index contributed by atoms with van der Waals surface area (Å²) in [5, 5.41) is 0.726. The summed E-state index contributed by atoms with van der Waals surface area (Å²) >= 11 is 5.90. The molecule has 2 N–H and O–H groups in total. The maximum Gasteiger partial charge on any atom is 0.111 e. The molecule has 4 heteroatoms. The second-order valence-electron chi connectivity index (χ2n) is 4.94. The van der Waals surface area contributed by atoms with Crippen LogP contribution < -0.4 is 5.73 Å². The molecular weight excluding hydrogens is 270 g/mol. The van der Waals surface area contributed by atoms with Gasteiger partial charge >= 0.3 is 0 Å². The first-order chi connectivity index (χ1) is 9.65. The second kappa shape index (κ2) is 5.27. The monoisotopic (exact) mass is 285 g/mol. The number of halogens is 1. The molecule has 3 aromatic rings.